The number of aryl methyl sites for hydroxylation is 2. The molecule has 2 aromatic heterocycles. The number of methoxy groups -OCH3 is 1. The molecule has 0 aromatic carbocycles. The average molecular weight is 265 g/mol. The van der Waals surface area contributed by atoms with Crippen molar-refractivity contribution >= 4 is 27.4 Å². The summed E-state index contributed by atoms with van der Waals surface area (Å²) in [6.07, 6.45) is -0.112. The minimum absolute atomic E-state index is 0.112. The van der Waals surface area contributed by atoms with Gasteiger partial charge in [0.15, 0.2) is 5.82 Å². The van der Waals surface area contributed by atoms with E-state index in [1.165, 1.54) is 10.4 Å². The number of hydrogen-bond donors (Lipinski definition) is 1. The first kappa shape index (κ1) is 13.2. The Labute approximate surface area is 111 Å². The van der Waals surface area contributed by atoms with E-state index in [0.29, 0.717) is 17.6 Å². The molecule has 2 heterocycles. The van der Waals surface area contributed by atoms with E-state index in [1.54, 1.807) is 18.4 Å². The van der Waals surface area contributed by atoms with Crippen LogP contribution in [-0.4, -0.2) is 17.1 Å². The molecule has 2 rings (SSSR count). The first-order valence-corrected chi connectivity index (χ1v) is 6.83. The van der Waals surface area contributed by atoms with Gasteiger partial charge in [-0.15, -0.1) is 11.3 Å². The quantitative estimate of drug-likeness (QED) is 0.925. The van der Waals surface area contributed by atoms with Crippen LogP contribution in [0.2, 0.25) is 0 Å². The SMILES string of the molecule is COC(c1nc(N)c2c(C)c(C)sc2n1)C(C)C. The predicted molar refractivity (Wildman–Crippen MR) is 75.9 cm³/mol. The Bertz CT molecular complexity index is 577. The summed E-state index contributed by atoms with van der Waals surface area (Å²) >= 11 is 1.66. The molecule has 5 heteroatoms. The Morgan fingerprint density at radius 3 is 2.44 bits per heavy atom. The van der Waals surface area contributed by atoms with E-state index in [2.05, 4.69) is 37.7 Å². The van der Waals surface area contributed by atoms with Gasteiger partial charge in [-0.25, -0.2) is 9.97 Å². The number of nitrogens with zero attached hydrogens (tertiary/aromatic N) is 2. The van der Waals surface area contributed by atoms with Gasteiger partial charge in [0.1, 0.15) is 16.8 Å². The van der Waals surface area contributed by atoms with Crippen LogP contribution in [0.5, 0.6) is 0 Å². The van der Waals surface area contributed by atoms with Crippen LogP contribution < -0.4 is 5.73 Å². The number of ether oxygens (including phenoxy) is 1. The highest BCUT2D eigenvalue weighted by molar-refractivity contribution is 7.18. The van der Waals surface area contributed by atoms with Crippen molar-refractivity contribution in [2.24, 2.45) is 5.92 Å². The third-order valence-electron chi connectivity index (χ3n) is 3.19. The lowest BCUT2D eigenvalue weighted by Gasteiger charge is -2.17. The Morgan fingerprint density at radius 2 is 1.89 bits per heavy atom. The van der Waals surface area contributed by atoms with E-state index in [-0.39, 0.29) is 6.10 Å². The molecule has 0 spiro atoms. The molecular weight excluding hydrogens is 246 g/mol. The fourth-order valence-corrected chi connectivity index (χ4v) is 3.14. The van der Waals surface area contributed by atoms with Crippen molar-refractivity contribution in [3.63, 3.8) is 0 Å². The van der Waals surface area contributed by atoms with Crippen LogP contribution >= 0.6 is 11.3 Å². The lowest BCUT2D eigenvalue weighted by molar-refractivity contribution is 0.0579. The number of thiophene rings is 1. The molecule has 0 radical (unpaired) electrons. The number of nitrogens with two attached hydrogens (primary N) is 1. The molecule has 1 unspecified atom stereocenters. The van der Waals surface area contributed by atoms with Gasteiger partial charge in [-0.05, 0) is 25.3 Å². The first-order valence-electron chi connectivity index (χ1n) is 6.01. The average Bonchev–Trinajstić information content (AvgIpc) is 2.55. The number of rotatable bonds is 3. The van der Waals surface area contributed by atoms with E-state index in [9.17, 15) is 0 Å². The summed E-state index contributed by atoms with van der Waals surface area (Å²) in [6.45, 7) is 8.31. The Morgan fingerprint density at radius 1 is 1.22 bits per heavy atom. The molecule has 0 amide bonds. The summed E-state index contributed by atoms with van der Waals surface area (Å²) in [5, 5.41) is 0.986. The number of fused-ring (bicyclic) bond motifs is 1. The maximum absolute atomic E-state index is 6.06. The molecule has 0 fully saturated rings. The van der Waals surface area contributed by atoms with Crippen LogP contribution in [0.25, 0.3) is 10.2 Å². The molecule has 0 saturated heterocycles. The number of anilines is 1. The molecule has 0 saturated carbocycles. The van der Waals surface area contributed by atoms with Crippen molar-refractivity contribution in [3.05, 3.63) is 16.3 Å². The topological polar surface area (TPSA) is 61.0 Å². The van der Waals surface area contributed by atoms with Crippen LogP contribution in [-0.2, 0) is 4.74 Å². The summed E-state index contributed by atoms with van der Waals surface area (Å²) in [5.74, 6) is 1.55. The van der Waals surface area contributed by atoms with Gasteiger partial charge < -0.3 is 10.5 Å². The summed E-state index contributed by atoms with van der Waals surface area (Å²) in [7, 11) is 1.68. The smallest absolute Gasteiger partial charge is 0.161 e. The second kappa shape index (κ2) is 4.82. The normalized spacial score (nSPS) is 13.4. The molecule has 2 aromatic rings. The molecule has 0 bridgehead atoms. The zero-order valence-electron chi connectivity index (χ0n) is 11.4. The maximum atomic E-state index is 6.06. The second-order valence-corrected chi connectivity index (χ2v) is 6.03. The lowest BCUT2D eigenvalue weighted by atomic mass is 10.1. The molecule has 2 N–H and O–H groups in total. The number of aromatic nitrogens is 2. The molecule has 98 valence electrons. The van der Waals surface area contributed by atoms with Crippen molar-refractivity contribution in [2.75, 3.05) is 12.8 Å². The molecule has 4 nitrogen and oxygen atoms in total. The van der Waals surface area contributed by atoms with Crippen LogP contribution in [0.3, 0.4) is 0 Å². The number of hydrogen-bond acceptors (Lipinski definition) is 5. The van der Waals surface area contributed by atoms with Crippen LogP contribution in [0, 0.1) is 19.8 Å². The van der Waals surface area contributed by atoms with Gasteiger partial charge in [-0.3, -0.25) is 0 Å². The third kappa shape index (κ3) is 2.08. The van der Waals surface area contributed by atoms with Crippen molar-refractivity contribution in [2.45, 2.75) is 33.8 Å². The Kier molecular flexibility index (Phi) is 3.54. The monoisotopic (exact) mass is 265 g/mol. The molecular formula is C13H19N3OS. The standard InChI is InChI=1S/C13H19N3OS/c1-6(2)10(17-5)12-15-11(14)9-7(3)8(4)18-13(9)16-12/h6,10H,1-5H3,(H2,14,15,16). The van der Waals surface area contributed by atoms with Gasteiger partial charge in [-0.2, -0.15) is 0 Å². The highest BCUT2D eigenvalue weighted by Crippen LogP contribution is 2.34. The summed E-state index contributed by atoms with van der Waals surface area (Å²) in [5.41, 5.74) is 7.24. The summed E-state index contributed by atoms with van der Waals surface area (Å²) < 4.78 is 5.46. The summed E-state index contributed by atoms with van der Waals surface area (Å²) in [4.78, 5) is 11.2. The van der Waals surface area contributed by atoms with E-state index >= 15 is 0 Å². The summed E-state index contributed by atoms with van der Waals surface area (Å²) in [6, 6.07) is 0. The highest BCUT2D eigenvalue weighted by atomic mass is 32.1. The molecule has 18 heavy (non-hydrogen) atoms. The van der Waals surface area contributed by atoms with Crippen molar-refractivity contribution < 1.29 is 4.74 Å². The molecule has 1 atom stereocenters. The van der Waals surface area contributed by atoms with Crippen molar-refractivity contribution in [1.82, 2.24) is 9.97 Å². The van der Waals surface area contributed by atoms with Gasteiger partial charge in [0, 0.05) is 12.0 Å². The number of nitrogen functional groups attached to an aromatic ring is 1. The fraction of sp³-hybridized carbons (Fsp3) is 0.538. The molecule has 0 aliphatic heterocycles. The van der Waals surface area contributed by atoms with Crippen LogP contribution in [0.1, 0.15) is 36.2 Å². The fourth-order valence-electron chi connectivity index (χ4n) is 2.10. The van der Waals surface area contributed by atoms with Crippen LogP contribution in [0.15, 0.2) is 0 Å². The minimum atomic E-state index is -0.112. The largest absolute Gasteiger partial charge is 0.383 e. The zero-order valence-corrected chi connectivity index (χ0v) is 12.3. The lowest BCUT2D eigenvalue weighted by Crippen LogP contribution is -2.13. The van der Waals surface area contributed by atoms with Crippen molar-refractivity contribution in [1.29, 1.82) is 0 Å². The van der Waals surface area contributed by atoms with Gasteiger partial charge in [0.25, 0.3) is 0 Å². The van der Waals surface area contributed by atoms with E-state index in [4.69, 9.17) is 10.5 Å². The van der Waals surface area contributed by atoms with E-state index < -0.39 is 0 Å². The van der Waals surface area contributed by atoms with Gasteiger partial charge >= 0.3 is 0 Å². The Balaban J connectivity index is 2.62. The zero-order chi connectivity index (χ0) is 13.4. The Hall–Kier alpha value is -1.20. The third-order valence-corrected chi connectivity index (χ3v) is 4.29. The minimum Gasteiger partial charge on any atom is -0.383 e. The predicted octanol–water partition coefficient (Wildman–Crippen LogP) is 3.23. The van der Waals surface area contributed by atoms with Crippen molar-refractivity contribution in [3.8, 4) is 0 Å². The molecule has 0 aliphatic carbocycles. The second-order valence-electron chi connectivity index (χ2n) is 4.83. The first-order chi connectivity index (χ1) is 8.45. The van der Waals surface area contributed by atoms with Gasteiger partial charge in [-0.1, -0.05) is 13.8 Å². The van der Waals surface area contributed by atoms with E-state index in [0.717, 1.165) is 10.2 Å². The van der Waals surface area contributed by atoms with Gasteiger partial charge in [0.2, 0.25) is 0 Å². The van der Waals surface area contributed by atoms with Gasteiger partial charge in [0.05, 0.1) is 5.39 Å². The van der Waals surface area contributed by atoms with E-state index in [1.807, 2.05) is 0 Å². The van der Waals surface area contributed by atoms with Crippen LogP contribution in [0.4, 0.5) is 5.82 Å². The maximum Gasteiger partial charge on any atom is 0.161 e. The highest BCUT2D eigenvalue weighted by Gasteiger charge is 2.21. The molecule has 0 aliphatic rings.